The number of nitro groups is 1. The lowest BCUT2D eigenvalue weighted by molar-refractivity contribution is -0.384. The van der Waals surface area contributed by atoms with Crippen LogP contribution in [0.3, 0.4) is 0 Å². The van der Waals surface area contributed by atoms with Crippen LogP contribution in [-0.2, 0) is 6.54 Å². The third-order valence-electron chi connectivity index (χ3n) is 4.38. The summed E-state index contributed by atoms with van der Waals surface area (Å²) in [4.78, 5) is 31.3. The van der Waals surface area contributed by atoms with Gasteiger partial charge in [0.05, 0.1) is 22.7 Å². The van der Waals surface area contributed by atoms with E-state index in [0.29, 0.717) is 30.9 Å². The van der Waals surface area contributed by atoms with Gasteiger partial charge in [-0.15, -0.1) is 0 Å². The summed E-state index contributed by atoms with van der Waals surface area (Å²) in [6.07, 6.45) is 0. The molecule has 26 heavy (non-hydrogen) atoms. The fraction of sp³-hybridized carbons (Fsp3) is 0.438. The number of hydrogen-bond acceptors (Lipinski definition) is 7. The van der Waals surface area contributed by atoms with Gasteiger partial charge in [0.2, 0.25) is 0 Å². The van der Waals surface area contributed by atoms with E-state index < -0.39 is 4.92 Å². The molecule has 1 fully saturated rings. The number of aryl methyl sites for hydroxylation is 1. The molecule has 3 rings (SSSR count). The predicted molar refractivity (Wildman–Crippen MR) is 95.1 cm³/mol. The fourth-order valence-electron chi connectivity index (χ4n) is 3.04. The standard InChI is InChI=1S/C16H21N7O3/c1-11-18-15(20-19-11)10-21-5-7-22(8-6-21)14-4-3-12(23(25)26)9-13(14)16(24)17-2/h3-4,9H,5-8,10H2,1-2H3,(H,17,24)(H,18,19,20). The Kier molecular flexibility index (Phi) is 5.12. The third kappa shape index (κ3) is 3.80. The van der Waals surface area contributed by atoms with Gasteiger partial charge in [-0.2, -0.15) is 5.10 Å². The van der Waals surface area contributed by atoms with Crippen molar-refractivity contribution in [2.24, 2.45) is 0 Å². The van der Waals surface area contributed by atoms with Gasteiger partial charge in [0.15, 0.2) is 5.82 Å². The van der Waals surface area contributed by atoms with E-state index in [2.05, 4.69) is 30.3 Å². The van der Waals surface area contributed by atoms with Crippen molar-refractivity contribution in [3.8, 4) is 0 Å². The normalized spacial score (nSPS) is 15.1. The van der Waals surface area contributed by atoms with Crippen LogP contribution < -0.4 is 10.2 Å². The van der Waals surface area contributed by atoms with Crippen molar-refractivity contribution < 1.29 is 9.72 Å². The summed E-state index contributed by atoms with van der Waals surface area (Å²) in [5, 5.41) is 20.6. The van der Waals surface area contributed by atoms with E-state index in [0.717, 1.165) is 24.7 Å². The SMILES string of the molecule is CNC(=O)c1cc([N+](=O)[O-])ccc1N1CCN(Cc2n[nH]c(C)n2)CC1. The highest BCUT2D eigenvalue weighted by Crippen LogP contribution is 2.26. The molecule has 1 amide bonds. The number of carbonyl (C=O) groups is 1. The molecule has 2 heterocycles. The van der Waals surface area contributed by atoms with Crippen molar-refractivity contribution >= 4 is 17.3 Å². The molecule has 0 bridgehead atoms. The maximum Gasteiger partial charge on any atom is 0.270 e. The number of anilines is 1. The summed E-state index contributed by atoms with van der Waals surface area (Å²) >= 11 is 0. The maximum absolute atomic E-state index is 12.2. The zero-order valence-electron chi connectivity index (χ0n) is 14.7. The van der Waals surface area contributed by atoms with Crippen LogP contribution in [0.4, 0.5) is 11.4 Å². The van der Waals surface area contributed by atoms with Gasteiger partial charge < -0.3 is 10.2 Å². The number of carbonyl (C=O) groups excluding carboxylic acids is 1. The van der Waals surface area contributed by atoms with E-state index >= 15 is 0 Å². The van der Waals surface area contributed by atoms with Crippen molar-refractivity contribution in [2.75, 3.05) is 38.1 Å². The minimum Gasteiger partial charge on any atom is -0.368 e. The molecule has 0 radical (unpaired) electrons. The highest BCUT2D eigenvalue weighted by molar-refractivity contribution is 6.00. The molecule has 0 spiro atoms. The smallest absolute Gasteiger partial charge is 0.270 e. The average Bonchev–Trinajstić information content (AvgIpc) is 3.06. The van der Waals surface area contributed by atoms with E-state index in [-0.39, 0.29) is 11.6 Å². The zero-order chi connectivity index (χ0) is 18.7. The number of benzene rings is 1. The molecule has 10 nitrogen and oxygen atoms in total. The first kappa shape index (κ1) is 17.8. The van der Waals surface area contributed by atoms with Crippen molar-refractivity contribution in [3.63, 3.8) is 0 Å². The largest absolute Gasteiger partial charge is 0.368 e. The second-order valence-electron chi connectivity index (χ2n) is 6.14. The van der Waals surface area contributed by atoms with Crippen molar-refractivity contribution in [3.05, 3.63) is 45.5 Å². The molecule has 1 aliphatic heterocycles. The van der Waals surface area contributed by atoms with Gasteiger partial charge >= 0.3 is 0 Å². The topological polar surface area (TPSA) is 120 Å². The molecule has 138 valence electrons. The van der Waals surface area contributed by atoms with Crippen LogP contribution in [0.25, 0.3) is 0 Å². The molecule has 1 aromatic heterocycles. The summed E-state index contributed by atoms with van der Waals surface area (Å²) in [6.45, 7) is 5.54. The van der Waals surface area contributed by atoms with Gasteiger partial charge in [-0.05, 0) is 13.0 Å². The van der Waals surface area contributed by atoms with Gasteiger partial charge in [0.25, 0.3) is 11.6 Å². The highest BCUT2D eigenvalue weighted by atomic mass is 16.6. The van der Waals surface area contributed by atoms with Gasteiger partial charge in [-0.1, -0.05) is 0 Å². The molecule has 2 aromatic rings. The molecule has 0 aliphatic carbocycles. The minimum atomic E-state index is -0.493. The Morgan fingerprint density at radius 2 is 2.08 bits per heavy atom. The van der Waals surface area contributed by atoms with Crippen molar-refractivity contribution in [1.82, 2.24) is 25.4 Å². The van der Waals surface area contributed by atoms with E-state index in [1.54, 1.807) is 6.07 Å². The minimum absolute atomic E-state index is 0.0917. The Labute approximate surface area is 150 Å². The number of non-ortho nitro benzene ring substituents is 1. The lowest BCUT2D eigenvalue weighted by atomic mass is 10.1. The summed E-state index contributed by atoms with van der Waals surface area (Å²) in [6, 6.07) is 4.42. The Bertz CT molecular complexity index is 812. The van der Waals surface area contributed by atoms with Crippen LogP contribution in [0.5, 0.6) is 0 Å². The molecular weight excluding hydrogens is 338 g/mol. The number of nitro benzene ring substituents is 1. The first-order valence-electron chi connectivity index (χ1n) is 8.33. The monoisotopic (exact) mass is 359 g/mol. The van der Waals surface area contributed by atoms with Crippen LogP contribution in [0, 0.1) is 17.0 Å². The fourth-order valence-corrected chi connectivity index (χ4v) is 3.04. The van der Waals surface area contributed by atoms with Crippen LogP contribution >= 0.6 is 0 Å². The molecule has 1 saturated heterocycles. The van der Waals surface area contributed by atoms with E-state index in [1.165, 1.54) is 19.2 Å². The van der Waals surface area contributed by atoms with Gasteiger partial charge in [-0.3, -0.25) is 24.9 Å². The number of nitrogens with zero attached hydrogens (tertiary/aromatic N) is 5. The van der Waals surface area contributed by atoms with Crippen LogP contribution in [0.1, 0.15) is 22.0 Å². The van der Waals surface area contributed by atoms with Crippen LogP contribution in [0.15, 0.2) is 18.2 Å². The quantitative estimate of drug-likeness (QED) is 0.595. The number of aromatic nitrogens is 3. The maximum atomic E-state index is 12.2. The predicted octanol–water partition coefficient (Wildman–Crippen LogP) is 0.703. The summed E-state index contributed by atoms with van der Waals surface area (Å²) in [7, 11) is 1.52. The average molecular weight is 359 g/mol. The number of hydrogen-bond donors (Lipinski definition) is 2. The zero-order valence-corrected chi connectivity index (χ0v) is 14.7. The van der Waals surface area contributed by atoms with Gasteiger partial charge in [0.1, 0.15) is 5.82 Å². The number of nitrogens with one attached hydrogen (secondary N) is 2. The summed E-state index contributed by atoms with van der Waals surface area (Å²) in [5.41, 5.74) is 0.939. The molecule has 1 aromatic carbocycles. The van der Waals surface area contributed by atoms with Crippen molar-refractivity contribution in [2.45, 2.75) is 13.5 Å². The lowest BCUT2D eigenvalue weighted by Crippen LogP contribution is -2.46. The molecule has 0 saturated carbocycles. The Morgan fingerprint density at radius 1 is 1.35 bits per heavy atom. The molecular formula is C16H21N7O3. The van der Waals surface area contributed by atoms with Crippen LogP contribution in [-0.4, -0.2) is 64.1 Å². The molecule has 10 heteroatoms. The molecule has 0 unspecified atom stereocenters. The number of aromatic amines is 1. The van der Waals surface area contributed by atoms with Gasteiger partial charge in [0, 0.05) is 45.4 Å². The summed E-state index contributed by atoms with van der Waals surface area (Å²) in [5.74, 6) is 1.22. The number of amides is 1. The summed E-state index contributed by atoms with van der Waals surface area (Å²) < 4.78 is 0. The van der Waals surface area contributed by atoms with E-state index in [1.807, 2.05) is 6.92 Å². The Hall–Kier alpha value is -3.01. The number of rotatable bonds is 5. The van der Waals surface area contributed by atoms with E-state index in [9.17, 15) is 14.9 Å². The molecule has 0 atom stereocenters. The van der Waals surface area contributed by atoms with E-state index in [4.69, 9.17) is 0 Å². The highest BCUT2D eigenvalue weighted by Gasteiger charge is 2.24. The number of piperazine rings is 1. The van der Waals surface area contributed by atoms with Crippen molar-refractivity contribution in [1.29, 1.82) is 0 Å². The second-order valence-corrected chi connectivity index (χ2v) is 6.14. The first-order valence-corrected chi connectivity index (χ1v) is 8.33. The third-order valence-corrected chi connectivity index (χ3v) is 4.38. The van der Waals surface area contributed by atoms with Crippen LogP contribution in [0.2, 0.25) is 0 Å². The molecule has 1 aliphatic rings. The second kappa shape index (κ2) is 7.48. The van der Waals surface area contributed by atoms with Gasteiger partial charge in [-0.25, -0.2) is 4.98 Å². The first-order chi connectivity index (χ1) is 12.5. The lowest BCUT2D eigenvalue weighted by Gasteiger charge is -2.36. The Balaban J connectivity index is 1.72. The Morgan fingerprint density at radius 3 is 2.65 bits per heavy atom. The molecule has 2 N–H and O–H groups in total. The number of H-pyrrole nitrogens is 1.